The molecule has 0 aliphatic heterocycles. The third-order valence-corrected chi connectivity index (χ3v) is 2.01. The zero-order valence-electron chi connectivity index (χ0n) is 8.80. The summed E-state index contributed by atoms with van der Waals surface area (Å²) in [5.74, 6) is 0.0512. The Morgan fingerprint density at radius 2 is 2.25 bits per heavy atom. The van der Waals surface area contributed by atoms with E-state index in [0.717, 1.165) is 5.56 Å². The van der Waals surface area contributed by atoms with Crippen LogP contribution in [0.2, 0.25) is 0 Å². The summed E-state index contributed by atoms with van der Waals surface area (Å²) in [6.07, 6.45) is 4.45. The van der Waals surface area contributed by atoms with Crippen molar-refractivity contribution >= 4 is 11.9 Å². The van der Waals surface area contributed by atoms with Crippen LogP contribution in [0.4, 0.5) is 0 Å². The number of nitrogen functional groups attached to an aromatic ring is 1. The van der Waals surface area contributed by atoms with Gasteiger partial charge in [0.2, 0.25) is 0 Å². The largest absolute Gasteiger partial charge is 0.384 e. The third kappa shape index (κ3) is 3.48. The van der Waals surface area contributed by atoms with E-state index in [1.54, 1.807) is 6.07 Å². The zero-order valence-corrected chi connectivity index (χ0v) is 8.80. The number of nitrogens with zero attached hydrogens (tertiary/aromatic N) is 3. The van der Waals surface area contributed by atoms with Gasteiger partial charge in [0, 0.05) is 17.0 Å². The van der Waals surface area contributed by atoms with E-state index < -0.39 is 0 Å². The Labute approximate surface area is 93.7 Å². The molecular weight excluding hydrogens is 202 g/mol. The van der Waals surface area contributed by atoms with Crippen molar-refractivity contribution in [2.24, 2.45) is 10.8 Å². The lowest BCUT2D eigenvalue weighted by Crippen LogP contribution is -2.12. The molecule has 1 aromatic carbocycles. The van der Waals surface area contributed by atoms with Crippen LogP contribution in [0.1, 0.15) is 17.5 Å². The van der Waals surface area contributed by atoms with Gasteiger partial charge in [0.05, 0.1) is 0 Å². The second kappa shape index (κ2) is 6.27. The van der Waals surface area contributed by atoms with E-state index in [2.05, 4.69) is 10.0 Å². The number of hydrogen-bond donors (Lipinski definition) is 2. The Morgan fingerprint density at radius 3 is 2.94 bits per heavy atom. The zero-order chi connectivity index (χ0) is 11.8. The molecule has 1 aromatic rings. The van der Waals surface area contributed by atoms with Crippen molar-refractivity contribution in [1.29, 1.82) is 5.41 Å². The van der Waals surface area contributed by atoms with Crippen LogP contribution >= 0.6 is 0 Å². The summed E-state index contributed by atoms with van der Waals surface area (Å²) in [6.45, 7) is 0.440. The molecule has 0 aliphatic rings. The standard InChI is InChI=1S/C11H13N5/c12-11(13)10-7-2-1-5-9(10)6-3-4-8-15-16-14/h1-3,5-7H,4,8H2,(H3,12,13). The highest BCUT2D eigenvalue weighted by Crippen LogP contribution is 2.10. The first-order chi connectivity index (χ1) is 7.75. The molecule has 0 bridgehead atoms. The number of rotatable bonds is 5. The Bertz CT molecular complexity index is 443. The molecule has 5 nitrogen and oxygen atoms in total. The predicted molar refractivity (Wildman–Crippen MR) is 65.1 cm³/mol. The van der Waals surface area contributed by atoms with E-state index in [4.69, 9.17) is 16.7 Å². The summed E-state index contributed by atoms with van der Waals surface area (Å²) in [7, 11) is 0. The molecule has 0 saturated carbocycles. The van der Waals surface area contributed by atoms with Crippen LogP contribution in [0.25, 0.3) is 16.5 Å². The minimum atomic E-state index is 0.0512. The van der Waals surface area contributed by atoms with Crippen molar-refractivity contribution in [3.05, 3.63) is 51.9 Å². The maximum Gasteiger partial charge on any atom is 0.123 e. The summed E-state index contributed by atoms with van der Waals surface area (Å²) < 4.78 is 0. The number of benzene rings is 1. The third-order valence-electron chi connectivity index (χ3n) is 2.01. The smallest absolute Gasteiger partial charge is 0.123 e. The first-order valence-electron chi connectivity index (χ1n) is 4.86. The fraction of sp³-hybridized carbons (Fsp3) is 0.182. The Hall–Kier alpha value is -2.26. The number of nitrogens with two attached hydrogens (primary N) is 1. The van der Waals surface area contributed by atoms with Crippen molar-refractivity contribution in [3.63, 3.8) is 0 Å². The van der Waals surface area contributed by atoms with Crippen LogP contribution in [-0.2, 0) is 0 Å². The summed E-state index contributed by atoms with van der Waals surface area (Å²) in [5, 5.41) is 10.8. The van der Waals surface area contributed by atoms with Gasteiger partial charge < -0.3 is 5.73 Å². The van der Waals surface area contributed by atoms with Gasteiger partial charge in [0.1, 0.15) is 5.84 Å². The number of hydrogen-bond acceptors (Lipinski definition) is 2. The molecule has 0 amide bonds. The van der Waals surface area contributed by atoms with Crippen molar-refractivity contribution < 1.29 is 0 Å². The highest BCUT2D eigenvalue weighted by atomic mass is 15.1. The molecule has 82 valence electrons. The fourth-order valence-electron chi connectivity index (χ4n) is 1.27. The van der Waals surface area contributed by atoms with E-state index in [1.807, 2.05) is 30.4 Å². The Morgan fingerprint density at radius 1 is 1.50 bits per heavy atom. The fourth-order valence-corrected chi connectivity index (χ4v) is 1.27. The lowest BCUT2D eigenvalue weighted by Gasteiger charge is -2.02. The molecule has 0 aliphatic carbocycles. The Balaban J connectivity index is 2.72. The maximum atomic E-state index is 8.09. The SMILES string of the molecule is [N-]=[N+]=NCCC=Cc1ccccc1C(=N)N. The molecule has 0 unspecified atom stereocenters. The average molecular weight is 215 g/mol. The Kier molecular flexibility index (Phi) is 4.63. The number of azide groups is 1. The van der Waals surface area contributed by atoms with Crippen molar-refractivity contribution in [2.75, 3.05) is 6.54 Å². The van der Waals surface area contributed by atoms with Crippen molar-refractivity contribution in [3.8, 4) is 0 Å². The molecular formula is C11H13N5. The predicted octanol–water partition coefficient (Wildman–Crippen LogP) is 2.68. The molecule has 1 rings (SSSR count). The summed E-state index contributed by atoms with van der Waals surface area (Å²) in [4.78, 5) is 2.66. The number of nitrogens with one attached hydrogen (secondary N) is 1. The minimum Gasteiger partial charge on any atom is -0.384 e. The molecule has 0 saturated heterocycles. The van der Waals surface area contributed by atoms with Gasteiger partial charge in [-0.05, 0) is 17.5 Å². The van der Waals surface area contributed by atoms with Crippen LogP contribution in [0.5, 0.6) is 0 Å². The van der Waals surface area contributed by atoms with E-state index in [9.17, 15) is 0 Å². The van der Waals surface area contributed by atoms with Gasteiger partial charge >= 0.3 is 0 Å². The normalized spacial score (nSPS) is 10.0. The first-order valence-corrected chi connectivity index (χ1v) is 4.86. The van der Waals surface area contributed by atoms with Gasteiger partial charge in [-0.3, -0.25) is 5.41 Å². The van der Waals surface area contributed by atoms with Crippen LogP contribution in [0.3, 0.4) is 0 Å². The molecule has 16 heavy (non-hydrogen) atoms. The summed E-state index contributed by atoms with van der Waals surface area (Å²) in [6, 6.07) is 7.42. The minimum absolute atomic E-state index is 0.0512. The molecule has 5 heteroatoms. The van der Waals surface area contributed by atoms with Gasteiger partial charge in [-0.25, -0.2) is 0 Å². The van der Waals surface area contributed by atoms with E-state index in [0.29, 0.717) is 18.5 Å². The summed E-state index contributed by atoms with van der Waals surface area (Å²) >= 11 is 0. The molecule has 0 atom stereocenters. The van der Waals surface area contributed by atoms with Gasteiger partial charge in [-0.1, -0.05) is 41.5 Å². The molecule has 0 heterocycles. The van der Waals surface area contributed by atoms with E-state index in [-0.39, 0.29) is 5.84 Å². The monoisotopic (exact) mass is 215 g/mol. The summed E-state index contributed by atoms with van der Waals surface area (Å²) in [5.41, 5.74) is 15.1. The lowest BCUT2D eigenvalue weighted by atomic mass is 10.1. The maximum absolute atomic E-state index is 8.09. The second-order valence-corrected chi connectivity index (χ2v) is 3.15. The second-order valence-electron chi connectivity index (χ2n) is 3.15. The quantitative estimate of drug-likeness (QED) is 0.194. The molecule has 0 fully saturated rings. The van der Waals surface area contributed by atoms with Gasteiger partial charge in [-0.15, -0.1) is 0 Å². The van der Waals surface area contributed by atoms with Crippen molar-refractivity contribution in [1.82, 2.24) is 0 Å². The topological polar surface area (TPSA) is 98.6 Å². The molecule has 0 spiro atoms. The van der Waals surface area contributed by atoms with Crippen LogP contribution < -0.4 is 5.73 Å². The van der Waals surface area contributed by atoms with E-state index in [1.165, 1.54) is 0 Å². The van der Waals surface area contributed by atoms with E-state index >= 15 is 0 Å². The number of amidine groups is 1. The van der Waals surface area contributed by atoms with Crippen LogP contribution in [0, 0.1) is 5.41 Å². The highest BCUT2D eigenvalue weighted by Gasteiger charge is 1.99. The molecule has 0 radical (unpaired) electrons. The molecule has 3 N–H and O–H groups in total. The van der Waals surface area contributed by atoms with Crippen molar-refractivity contribution in [2.45, 2.75) is 6.42 Å². The first kappa shape index (κ1) is 11.8. The van der Waals surface area contributed by atoms with Crippen LogP contribution in [0.15, 0.2) is 35.5 Å². The van der Waals surface area contributed by atoms with Gasteiger partial charge in [-0.2, -0.15) is 0 Å². The molecule has 0 aromatic heterocycles. The van der Waals surface area contributed by atoms with Gasteiger partial charge in [0.25, 0.3) is 0 Å². The highest BCUT2D eigenvalue weighted by molar-refractivity contribution is 5.98. The average Bonchev–Trinajstić information content (AvgIpc) is 2.29. The van der Waals surface area contributed by atoms with Gasteiger partial charge in [0.15, 0.2) is 0 Å². The lowest BCUT2D eigenvalue weighted by molar-refractivity contribution is 0.995. The van der Waals surface area contributed by atoms with Crippen LogP contribution in [-0.4, -0.2) is 12.4 Å².